The van der Waals surface area contributed by atoms with Gasteiger partial charge in [-0.25, -0.2) is 13.4 Å². The molecule has 216 valence electrons. The maximum atomic E-state index is 12.2. The van der Waals surface area contributed by atoms with Gasteiger partial charge in [0.2, 0.25) is 16.0 Å². The predicted molar refractivity (Wildman–Crippen MR) is 163 cm³/mol. The van der Waals surface area contributed by atoms with Gasteiger partial charge in [-0.15, -0.1) is 0 Å². The molecule has 1 aliphatic heterocycles. The summed E-state index contributed by atoms with van der Waals surface area (Å²) in [6.45, 7) is 3.91. The fraction of sp³-hybridized carbons (Fsp3) is 0.333. The molecule has 2 aromatic heterocycles. The zero-order valence-corrected chi connectivity index (χ0v) is 24.6. The molecule has 0 unspecified atom stereocenters. The summed E-state index contributed by atoms with van der Waals surface area (Å²) in [7, 11) is -2.01. The van der Waals surface area contributed by atoms with E-state index in [2.05, 4.69) is 47.1 Å². The minimum atomic E-state index is -3.63. The molecular weight excluding hydrogens is 566 g/mol. The van der Waals surface area contributed by atoms with E-state index >= 15 is 0 Å². The van der Waals surface area contributed by atoms with Crippen molar-refractivity contribution < 1.29 is 13.2 Å². The van der Waals surface area contributed by atoms with E-state index in [1.54, 1.807) is 19.2 Å². The molecule has 1 fully saturated rings. The minimum absolute atomic E-state index is 0.228. The van der Waals surface area contributed by atoms with Crippen molar-refractivity contribution in [1.82, 2.24) is 19.9 Å². The number of halogens is 1. The Morgan fingerprint density at radius 3 is 2.56 bits per heavy atom. The highest BCUT2D eigenvalue weighted by molar-refractivity contribution is 7.92. The number of methoxy groups -OCH3 is 1. The summed E-state index contributed by atoms with van der Waals surface area (Å²) in [6.07, 6.45) is 8.27. The highest BCUT2D eigenvalue weighted by Gasteiger charge is 2.21. The molecular formula is C27H32ClN9O3S. The van der Waals surface area contributed by atoms with Crippen LogP contribution in [-0.4, -0.2) is 60.9 Å². The van der Waals surface area contributed by atoms with Gasteiger partial charge in [0.1, 0.15) is 16.3 Å². The van der Waals surface area contributed by atoms with Gasteiger partial charge in [-0.1, -0.05) is 18.5 Å². The van der Waals surface area contributed by atoms with Crippen LogP contribution in [0.2, 0.25) is 5.02 Å². The van der Waals surface area contributed by atoms with Gasteiger partial charge in [0.15, 0.2) is 5.82 Å². The number of anilines is 6. The van der Waals surface area contributed by atoms with Gasteiger partial charge in [0.05, 0.1) is 42.1 Å². The van der Waals surface area contributed by atoms with Crippen molar-refractivity contribution >= 4 is 67.2 Å². The molecule has 0 saturated carbocycles. The fourth-order valence-corrected chi connectivity index (χ4v) is 5.51. The molecule has 0 spiro atoms. The zero-order valence-electron chi connectivity index (χ0n) is 23.0. The lowest BCUT2D eigenvalue weighted by atomic mass is 10.0. The first kappa shape index (κ1) is 28.6. The Morgan fingerprint density at radius 1 is 1.10 bits per heavy atom. The van der Waals surface area contributed by atoms with E-state index < -0.39 is 10.0 Å². The lowest BCUT2D eigenvalue weighted by Crippen LogP contribution is -2.40. The molecule has 0 radical (unpaired) electrons. The number of nitrogens with zero attached hydrogens (tertiary/aromatic N) is 5. The summed E-state index contributed by atoms with van der Waals surface area (Å²) in [5.41, 5.74) is 10.6. The normalized spacial score (nSPS) is 14.2. The average molecular weight is 598 g/mol. The monoisotopic (exact) mass is 597 g/mol. The third-order valence-corrected chi connectivity index (χ3v) is 7.69. The van der Waals surface area contributed by atoms with Crippen LogP contribution >= 0.6 is 11.6 Å². The van der Waals surface area contributed by atoms with Crippen LogP contribution in [0, 0.1) is 0 Å². The fourth-order valence-electron chi connectivity index (χ4n) is 4.79. The first-order chi connectivity index (χ1) is 19.6. The Labute approximate surface area is 243 Å². The summed E-state index contributed by atoms with van der Waals surface area (Å²) in [5.74, 6) is 1.18. The standard InChI is InChI=1S/C27H32ClN9O3S/c1-4-16-13-21(23(40-2)14-22(16)37-11-7-17(29)8-12-37)34-27-32-15-18(28)26(35-27)33-20-6-5-19-24(31-10-9-30-19)25(20)36-41(3,38)39/h5-6,9-10,13-15,17,36H,4,7-8,11-12,29H2,1-3H3,(H2,32,33,34,35). The third-order valence-electron chi connectivity index (χ3n) is 6.83. The smallest absolute Gasteiger partial charge is 0.229 e. The molecule has 4 aromatic rings. The summed E-state index contributed by atoms with van der Waals surface area (Å²) in [4.78, 5) is 19.9. The summed E-state index contributed by atoms with van der Waals surface area (Å²) in [6, 6.07) is 7.72. The predicted octanol–water partition coefficient (Wildman–Crippen LogP) is 4.43. The number of sulfonamides is 1. The van der Waals surface area contributed by atoms with E-state index in [1.807, 2.05) is 12.1 Å². The number of aryl methyl sites for hydroxylation is 1. The van der Waals surface area contributed by atoms with Gasteiger partial charge in [0, 0.05) is 43.3 Å². The number of rotatable bonds is 9. The van der Waals surface area contributed by atoms with Gasteiger partial charge in [-0.2, -0.15) is 4.98 Å². The number of ether oxygens (including phenoxy) is 1. The summed E-state index contributed by atoms with van der Waals surface area (Å²) >= 11 is 6.46. The van der Waals surface area contributed by atoms with Gasteiger partial charge < -0.3 is 26.0 Å². The second kappa shape index (κ2) is 11.9. The molecule has 2 aromatic carbocycles. The first-order valence-electron chi connectivity index (χ1n) is 13.1. The van der Waals surface area contributed by atoms with Crippen LogP contribution in [-0.2, 0) is 16.4 Å². The number of nitrogens with one attached hydrogen (secondary N) is 3. The van der Waals surface area contributed by atoms with Crippen molar-refractivity contribution in [2.45, 2.75) is 32.2 Å². The largest absolute Gasteiger partial charge is 0.494 e. The van der Waals surface area contributed by atoms with Crippen LogP contribution in [0.15, 0.2) is 42.9 Å². The van der Waals surface area contributed by atoms with Crippen molar-refractivity contribution in [1.29, 1.82) is 0 Å². The van der Waals surface area contributed by atoms with Crippen molar-refractivity contribution in [3.05, 3.63) is 53.4 Å². The van der Waals surface area contributed by atoms with Gasteiger partial charge in [0.25, 0.3) is 0 Å². The topological polar surface area (TPSA) is 160 Å². The lowest BCUT2D eigenvalue weighted by molar-refractivity contribution is 0.416. The van der Waals surface area contributed by atoms with E-state index in [4.69, 9.17) is 22.1 Å². The van der Waals surface area contributed by atoms with Crippen molar-refractivity contribution in [3.63, 3.8) is 0 Å². The highest BCUT2D eigenvalue weighted by Crippen LogP contribution is 2.37. The van der Waals surface area contributed by atoms with Gasteiger partial charge in [-0.3, -0.25) is 14.7 Å². The Kier molecular flexibility index (Phi) is 8.29. The molecule has 5 N–H and O–H groups in total. The molecule has 0 aliphatic carbocycles. The van der Waals surface area contributed by atoms with Crippen molar-refractivity contribution in [2.75, 3.05) is 46.7 Å². The SMILES string of the molecule is CCc1cc(Nc2ncc(Cl)c(Nc3ccc4nccnc4c3NS(C)(=O)=O)n2)c(OC)cc1N1CCC(N)CC1. The Balaban J connectivity index is 1.47. The number of fused-ring (bicyclic) bond motifs is 1. The number of aromatic nitrogens is 4. The molecule has 1 saturated heterocycles. The first-order valence-corrected chi connectivity index (χ1v) is 15.4. The molecule has 14 heteroatoms. The number of hydrogen-bond donors (Lipinski definition) is 4. The second-order valence-corrected chi connectivity index (χ2v) is 11.9. The van der Waals surface area contributed by atoms with Crippen LogP contribution in [0.3, 0.4) is 0 Å². The Bertz CT molecular complexity index is 1680. The molecule has 1 aliphatic rings. The van der Waals surface area contributed by atoms with E-state index in [9.17, 15) is 8.42 Å². The number of benzene rings is 2. The van der Waals surface area contributed by atoms with E-state index in [0.29, 0.717) is 28.2 Å². The Hall–Kier alpha value is -3.94. The van der Waals surface area contributed by atoms with Crippen LogP contribution < -0.4 is 30.7 Å². The Morgan fingerprint density at radius 2 is 1.85 bits per heavy atom. The van der Waals surface area contributed by atoms with E-state index in [0.717, 1.165) is 49.9 Å². The second-order valence-electron chi connectivity index (χ2n) is 9.79. The van der Waals surface area contributed by atoms with Crippen LogP contribution in [0.5, 0.6) is 5.75 Å². The maximum absolute atomic E-state index is 12.2. The quantitative estimate of drug-likeness (QED) is 0.216. The van der Waals surface area contributed by atoms with Crippen molar-refractivity contribution in [2.24, 2.45) is 5.73 Å². The van der Waals surface area contributed by atoms with E-state index in [-0.39, 0.29) is 28.5 Å². The summed E-state index contributed by atoms with van der Waals surface area (Å²) < 4.78 is 32.6. The number of hydrogen-bond acceptors (Lipinski definition) is 11. The number of piperidine rings is 1. The molecule has 5 rings (SSSR count). The van der Waals surface area contributed by atoms with Gasteiger partial charge in [-0.05, 0) is 43.0 Å². The molecule has 41 heavy (non-hydrogen) atoms. The zero-order chi connectivity index (χ0) is 29.1. The van der Waals surface area contributed by atoms with Crippen LogP contribution in [0.4, 0.5) is 34.5 Å². The molecule has 12 nitrogen and oxygen atoms in total. The third kappa shape index (κ3) is 6.53. The molecule has 3 heterocycles. The van der Waals surface area contributed by atoms with Gasteiger partial charge >= 0.3 is 0 Å². The molecule has 0 bridgehead atoms. The van der Waals surface area contributed by atoms with Crippen molar-refractivity contribution in [3.8, 4) is 5.75 Å². The summed E-state index contributed by atoms with van der Waals surface area (Å²) in [5, 5.41) is 6.61. The average Bonchev–Trinajstić information content (AvgIpc) is 2.95. The highest BCUT2D eigenvalue weighted by atomic mass is 35.5. The maximum Gasteiger partial charge on any atom is 0.229 e. The minimum Gasteiger partial charge on any atom is -0.494 e. The molecule has 0 atom stereocenters. The van der Waals surface area contributed by atoms with Crippen LogP contribution in [0.25, 0.3) is 11.0 Å². The van der Waals surface area contributed by atoms with E-state index in [1.165, 1.54) is 18.6 Å². The molecule has 0 amide bonds. The number of nitrogens with two attached hydrogens (primary N) is 1. The van der Waals surface area contributed by atoms with Crippen LogP contribution in [0.1, 0.15) is 25.3 Å². The lowest BCUT2D eigenvalue weighted by Gasteiger charge is -2.34.